The summed E-state index contributed by atoms with van der Waals surface area (Å²) in [5.41, 5.74) is -0.641. The van der Waals surface area contributed by atoms with E-state index in [9.17, 15) is 10.2 Å². The lowest BCUT2D eigenvalue weighted by Crippen LogP contribution is -2.41. The quantitative estimate of drug-likeness (QED) is 0.530. The van der Waals surface area contributed by atoms with Gasteiger partial charge in [-0.25, -0.2) is 0 Å². The first kappa shape index (κ1) is 8.02. The van der Waals surface area contributed by atoms with Crippen LogP contribution in [0.3, 0.4) is 0 Å². The molecule has 0 radical (unpaired) electrons. The van der Waals surface area contributed by atoms with Gasteiger partial charge in [0.05, 0.1) is 11.7 Å². The third kappa shape index (κ3) is 1.50. The Morgan fingerprint density at radius 2 is 2.00 bits per heavy atom. The topological polar surface area (TPSA) is 40.5 Å². The Balaban J connectivity index is 2.55. The fourth-order valence-electron chi connectivity index (χ4n) is 1.53. The Kier molecular flexibility index (Phi) is 2.02. The van der Waals surface area contributed by atoms with Crippen LogP contribution in [0.1, 0.15) is 33.1 Å². The molecular formula is C8H16O2. The molecule has 1 rings (SSSR count). The molecule has 2 N–H and O–H groups in total. The molecule has 10 heavy (non-hydrogen) atoms. The van der Waals surface area contributed by atoms with Gasteiger partial charge >= 0.3 is 0 Å². The van der Waals surface area contributed by atoms with Crippen molar-refractivity contribution < 1.29 is 10.2 Å². The molecule has 0 aromatic carbocycles. The molecule has 0 spiro atoms. The molecule has 2 heteroatoms. The summed E-state index contributed by atoms with van der Waals surface area (Å²) < 4.78 is 0. The van der Waals surface area contributed by atoms with Crippen molar-refractivity contribution in [2.75, 3.05) is 0 Å². The van der Waals surface area contributed by atoms with Crippen LogP contribution in [-0.4, -0.2) is 21.9 Å². The van der Waals surface area contributed by atoms with Crippen LogP contribution in [0.5, 0.6) is 0 Å². The van der Waals surface area contributed by atoms with Crippen molar-refractivity contribution in [2.45, 2.75) is 44.8 Å². The Bertz CT molecular complexity index is 120. The summed E-state index contributed by atoms with van der Waals surface area (Å²) in [6, 6.07) is 0. The van der Waals surface area contributed by atoms with E-state index in [4.69, 9.17) is 0 Å². The van der Waals surface area contributed by atoms with Crippen molar-refractivity contribution in [3.8, 4) is 0 Å². The smallest absolute Gasteiger partial charge is 0.0669 e. The molecule has 60 valence electrons. The fraction of sp³-hybridized carbons (Fsp3) is 1.00. The van der Waals surface area contributed by atoms with Crippen LogP contribution < -0.4 is 0 Å². The van der Waals surface area contributed by atoms with E-state index in [1.165, 1.54) is 0 Å². The molecule has 1 aliphatic rings. The second kappa shape index (κ2) is 2.51. The van der Waals surface area contributed by atoms with Gasteiger partial charge < -0.3 is 10.2 Å². The van der Waals surface area contributed by atoms with E-state index in [-0.39, 0.29) is 6.10 Å². The summed E-state index contributed by atoms with van der Waals surface area (Å²) in [7, 11) is 0. The Hall–Kier alpha value is -0.0800. The highest BCUT2D eigenvalue weighted by atomic mass is 16.3. The van der Waals surface area contributed by atoms with Gasteiger partial charge in [-0.05, 0) is 25.7 Å². The van der Waals surface area contributed by atoms with Crippen molar-refractivity contribution in [3.63, 3.8) is 0 Å². The molecule has 3 atom stereocenters. The zero-order valence-electron chi connectivity index (χ0n) is 6.67. The fourth-order valence-corrected chi connectivity index (χ4v) is 1.53. The van der Waals surface area contributed by atoms with Crippen LogP contribution in [-0.2, 0) is 0 Å². The van der Waals surface area contributed by atoms with Gasteiger partial charge in [-0.3, -0.25) is 0 Å². The summed E-state index contributed by atoms with van der Waals surface area (Å²) in [5, 5.41) is 18.9. The minimum absolute atomic E-state index is 0.286. The number of hydrogen-bond donors (Lipinski definition) is 2. The number of aliphatic hydroxyl groups excluding tert-OH is 1. The molecular weight excluding hydrogens is 128 g/mol. The van der Waals surface area contributed by atoms with Gasteiger partial charge in [0.2, 0.25) is 0 Å². The van der Waals surface area contributed by atoms with E-state index in [1.54, 1.807) is 6.92 Å². The van der Waals surface area contributed by atoms with Crippen LogP contribution in [0.15, 0.2) is 0 Å². The van der Waals surface area contributed by atoms with E-state index in [1.807, 2.05) is 6.92 Å². The lowest BCUT2D eigenvalue weighted by atomic mass is 9.76. The molecule has 0 heterocycles. The molecule has 0 bridgehead atoms. The predicted octanol–water partition coefficient (Wildman–Crippen LogP) is 0.918. The predicted molar refractivity (Wildman–Crippen MR) is 39.6 cm³/mol. The Morgan fingerprint density at radius 1 is 1.40 bits per heavy atom. The van der Waals surface area contributed by atoms with Crippen LogP contribution in [0.2, 0.25) is 0 Å². The highest BCUT2D eigenvalue weighted by molar-refractivity contribution is 4.87. The summed E-state index contributed by atoms with van der Waals surface area (Å²) in [4.78, 5) is 0. The van der Waals surface area contributed by atoms with Crippen LogP contribution in [0.4, 0.5) is 0 Å². The van der Waals surface area contributed by atoms with Crippen LogP contribution in [0.25, 0.3) is 0 Å². The second-order valence-corrected chi connectivity index (χ2v) is 3.69. The minimum Gasteiger partial charge on any atom is -0.393 e. The summed E-state index contributed by atoms with van der Waals surface area (Å²) >= 11 is 0. The summed E-state index contributed by atoms with van der Waals surface area (Å²) in [6.45, 7) is 3.84. The first-order valence-electron chi connectivity index (χ1n) is 3.93. The van der Waals surface area contributed by atoms with Gasteiger partial charge in [0.15, 0.2) is 0 Å². The van der Waals surface area contributed by atoms with Crippen molar-refractivity contribution in [1.29, 1.82) is 0 Å². The molecule has 0 saturated heterocycles. The summed E-state index contributed by atoms with van der Waals surface area (Å²) in [5.74, 6) is 0.330. The molecule has 1 saturated carbocycles. The van der Waals surface area contributed by atoms with Gasteiger partial charge in [0.25, 0.3) is 0 Å². The van der Waals surface area contributed by atoms with Gasteiger partial charge in [0.1, 0.15) is 0 Å². The minimum atomic E-state index is -0.641. The molecule has 0 unspecified atom stereocenters. The normalized spacial score (nSPS) is 49.2. The maximum atomic E-state index is 9.65. The largest absolute Gasteiger partial charge is 0.393 e. The van der Waals surface area contributed by atoms with Gasteiger partial charge in [-0.15, -0.1) is 0 Å². The number of rotatable bonds is 0. The first-order valence-corrected chi connectivity index (χ1v) is 3.93. The SMILES string of the molecule is C[C@H]1CC[C@H](O)C[C@]1(C)O. The molecule has 0 amide bonds. The molecule has 2 nitrogen and oxygen atoms in total. The van der Waals surface area contributed by atoms with E-state index in [0.717, 1.165) is 12.8 Å². The van der Waals surface area contributed by atoms with Gasteiger partial charge in [-0.2, -0.15) is 0 Å². The number of hydrogen-bond acceptors (Lipinski definition) is 2. The highest BCUT2D eigenvalue weighted by Crippen LogP contribution is 2.32. The zero-order chi connectivity index (χ0) is 7.78. The van der Waals surface area contributed by atoms with E-state index < -0.39 is 5.60 Å². The maximum absolute atomic E-state index is 9.65. The maximum Gasteiger partial charge on any atom is 0.0669 e. The van der Waals surface area contributed by atoms with E-state index in [0.29, 0.717) is 12.3 Å². The third-order valence-electron chi connectivity index (χ3n) is 2.64. The molecule has 0 aromatic heterocycles. The van der Waals surface area contributed by atoms with Gasteiger partial charge in [-0.1, -0.05) is 6.92 Å². The lowest BCUT2D eigenvalue weighted by molar-refractivity contribution is -0.0685. The summed E-state index contributed by atoms with van der Waals surface area (Å²) in [6.07, 6.45) is 2.03. The number of aliphatic hydroxyl groups is 2. The van der Waals surface area contributed by atoms with Crippen molar-refractivity contribution in [1.82, 2.24) is 0 Å². The monoisotopic (exact) mass is 144 g/mol. The molecule has 0 aromatic rings. The van der Waals surface area contributed by atoms with Crippen molar-refractivity contribution in [2.24, 2.45) is 5.92 Å². The third-order valence-corrected chi connectivity index (χ3v) is 2.64. The van der Waals surface area contributed by atoms with Crippen LogP contribution in [0, 0.1) is 5.92 Å². The first-order chi connectivity index (χ1) is 4.52. The highest BCUT2D eigenvalue weighted by Gasteiger charge is 2.34. The van der Waals surface area contributed by atoms with E-state index in [2.05, 4.69) is 0 Å². The zero-order valence-corrected chi connectivity index (χ0v) is 6.67. The second-order valence-electron chi connectivity index (χ2n) is 3.69. The van der Waals surface area contributed by atoms with E-state index >= 15 is 0 Å². The van der Waals surface area contributed by atoms with Gasteiger partial charge in [0, 0.05) is 6.42 Å². The standard InChI is InChI=1S/C8H16O2/c1-6-3-4-7(9)5-8(6,2)10/h6-7,9-10H,3-5H2,1-2H3/t6-,7-,8-/m0/s1. The Labute approximate surface area is 61.9 Å². The molecule has 0 aliphatic heterocycles. The average molecular weight is 144 g/mol. The van der Waals surface area contributed by atoms with Crippen molar-refractivity contribution >= 4 is 0 Å². The Morgan fingerprint density at radius 3 is 2.40 bits per heavy atom. The average Bonchev–Trinajstić information content (AvgIpc) is 1.78. The van der Waals surface area contributed by atoms with Crippen LogP contribution >= 0.6 is 0 Å². The molecule has 1 fully saturated rings. The lowest BCUT2D eigenvalue weighted by Gasteiger charge is -2.37. The molecule has 1 aliphatic carbocycles. The van der Waals surface area contributed by atoms with Crippen molar-refractivity contribution in [3.05, 3.63) is 0 Å².